The van der Waals surface area contributed by atoms with E-state index in [1.807, 2.05) is 43.3 Å². The molecule has 20 heavy (non-hydrogen) atoms. The first-order valence-electron chi connectivity index (χ1n) is 6.56. The first-order valence-corrected chi connectivity index (χ1v) is 7.09. The zero-order valence-corrected chi connectivity index (χ0v) is 12.3. The van der Waals surface area contributed by atoms with Crippen LogP contribution in [-0.4, -0.2) is 18.2 Å². The van der Waals surface area contributed by atoms with Crippen molar-refractivity contribution < 1.29 is 9.47 Å². The van der Waals surface area contributed by atoms with Crippen molar-refractivity contribution in [3.63, 3.8) is 0 Å². The van der Waals surface area contributed by atoms with E-state index in [0.717, 1.165) is 22.6 Å². The lowest BCUT2D eigenvalue weighted by molar-refractivity contribution is 0.0886. The lowest BCUT2D eigenvalue weighted by Crippen LogP contribution is -2.08. The van der Waals surface area contributed by atoms with Crippen LogP contribution >= 0.6 is 11.6 Å². The number of pyridine rings is 1. The minimum absolute atomic E-state index is 0.396. The van der Waals surface area contributed by atoms with Crippen molar-refractivity contribution in [2.45, 2.75) is 19.4 Å². The molecule has 0 aliphatic heterocycles. The number of nitrogens with zero attached hydrogens (tertiary/aromatic N) is 1. The Morgan fingerprint density at radius 2 is 1.90 bits per heavy atom. The van der Waals surface area contributed by atoms with Crippen molar-refractivity contribution in [1.82, 2.24) is 4.98 Å². The molecule has 0 saturated carbocycles. The molecular formula is C16H18ClNO2. The van der Waals surface area contributed by atoms with Gasteiger partial charge in [-0.3, -0.25) is 4.98 Å². The largest absolute Gasteiger partial charge is 0.491 e. The molecule has 0 saturated heterocycles. The predicted molar refractivity (Wildman–Crippen MR) is 80.1 cm³/mol. The normalized spacial score (nSPS) is 10.5. The third-order valence-electron chi connectivity index (χ3n) is 2.98. The summed E-state index contributed by atoms with van der Waals surface area (Å²) >= 11 is 5.81. The molecule has 2 rings (SSSR count). The number of aromatic nitrogens is 1. The average molecular weight is 292 g/mol. The molecule has 3 nitrogen and oxygen atoms in total. The van der Waals surface area contributed by atoms with E-state index in [9.17, 15) is 0 Å². The summed E-state index contributed by atoms with van der Waals surface area (Å²) in [5, 5.41) is 0. The molecule has 0 atom stereocenters. The average Bonchev–Trinajstić information content (AvgIpc) is 2.49. The van der Waals surface area contributed by atoms with Gasteiger partial charge >= 0.3 is 0 Å². The van der Waals surface area contributed by atoms with E-state index in [2.05, 4.69) is 4.98 Å². The van der Waals surface area contributed by atoms with Crippen LogP contribution in [0.2, 0.25) is 0 Å². The van der Waals surface area contributed by atoms with E-state index in [1.165, 1.54) is 0 Å². The summed E-state index contributed by atoms with van der Waals surface area (Å²) in [6.45, 7) is 3.63. The van der Waals surface area contributed by atoms with Gasteiger partial charge in [-0.2, -0.15) is 0 Å². The van der Waals surface area contributed by atoms with E-state index < -0.39 is 0 Å². The fourth-order valence-electron chi connectivity index (χ4n) is 1.82. The second-order valence-corrected chi connectivity index (χ2v) is 4.67. The zero-order valence-electron chi connectivity index (χ0n) is 11.5. The van der Waals surface area contributed by atoms with Crippen LogP contribution < -0.4 is 4.74 Å². The Morgan fingerprint density at radius 1 is 1.10 bits per heavy atom. The van der Waals surface area contributed by atoms with Crippen LogP contribution in [0.15, 0.2) is 42.6 Å². The number of rotatable bonds is 7. The summed E-state index contributed by atoms with van der Waals surface area (Å²) < 4.78 is 11.3. The van der Waals surface area contributed by atoms with Gasteiger partial charge in [0.2, 0.25) is 0 Å². The molecular weight excluding hydrogens is 274 g/mol. The van der Waals surface area contributed by atoms with Gasteiger partial charge in [-0.05, 0) is 18.6 Å². The highest BCUT2D eigenvalue weighted by Crippen LogP contribution is 2.20. The lowest BCUT2D eigenvalue weighted by Gasteiger charge is -2.11. The van der Waals surface area contributed by atoms with Gasteiger partial charge in [-0.25, -0.2) is 0 Å². The van der Waals surface area contributed by atoms with Crippen molar-refractivity contribution >= 4 is 11.6 Å². The first kappa shape index (κ1) is 14.8. The van der Waals surface area contributed by atoms with E-state index >= 15 is 0 Å². The summed E-state index contributed by atoms with van der Waals surface area (Å²) in [4.78, 5) is 4.20. The third-order valence-corrected chi connectivity index (χ3v) is 3.24. The van der Waals surface area contributed by atoms with Crippen molar-refractivity contribution in [3.05, 3.63) is 59.4 Å². The highest BCUT2D eigenvalue weighted by atomic mass is 35.5. The third kappa shape index (κ3) is 4.22. The molecule has 4 heteroatoms. The molecule has 0 aliphatic rings. The van der Waals surface area contributed by atoms with Crippen LogP contribution in [0.25, 0.3) is 0 Å². The van der Waals surface area contributed by atoms with Gasteiger partial charge in [0, 0.05) is 11.8 Å². The van der Waals surface area contributed by atoms with Gasteiger partial charge in [0.05, 0.1) is 24.8 Å². The number of benzene rings is 1. The lowest BCUT2D eigenvalue weighted by atomic mass is 10.2. The van der Waals surface area contributed by atoms with Gasteiger partial charge in [0.25, 0.3) is 0 Å². The Hall–Kier alpha value is -1.58. The Bertz CT molecular complexity index is 531. The van der Waals surface area contributed by atoms with Crippen molar-refractivity contribution in [1.29, 1.82) is 0 Å². The summed E-state index contributed by atoms with van der Waals surface area (Å²) in [6, 6.07) is 11.9. The molecule has 1 heterocycles. The topological polar surface area (TPSA) is 31.4 Å². The molecule has 0 radical (unpaired) electrons. The minimum atomic E-state index is 0.396. The van der Waals surface area contributed by atoms with Gasteiger partial charge < -0.3 is 9.47 Å². The first-order chi connectivity index (χ1) is 9.81. The smallest absolute Gasteiger partial charge is 0.125 e. The molecule has 0 spiro atoms. The Balaban J connectivity index is 1.74. The molecule has 2 aromatic rings. The van der Waals surface area contributed by atoms with Gasteiger partial charge in [-0.1, -0.05) is 30.3 Å². The fraction of sp³-hybridized carbons (Fsp3) is 0.312. The maximum Gasteiger partial charge on any atom is 0.125 e. The molecule has 0 unspecified atom stereocenters. The molecule has 106 valence electrons. The number of ether oxygens (including phenoxy) is 2. The summed E-state index contributed by atoms with van der Waals surface area (Å²) in [6.07, 6.45) is 1.71. The zero-order chi connectivity index (χ0) is 14.2. The summed E-state index contributed by atoms with van der Waals surface area (Å²) in [5.41, 5.74) is 3.01. The van der Waals surface area contributed by atoms with Gasteiger partial charge in [0.1, 0.15) is 12.4 Å². The molecule has 1 aromatic carbocycles. The van der Waals surface area contributed by atoms with Crippen LogP contribution in [0.1, 0.15) is 16.8 Å². The summed E-state index contributed by atoms with van der Waals surface area (Å²) in [7, 11) is 0. The molecule has 0 bridgehead atoms. The minimum Gasteiger partial charge on any atom is -0.491 e. The van der Waals surface area contributed by atoms with E-state index in [4.69, 9.17) is 21.1 Å². The molecule has 0 N–H and O–H groups in total. The second kappa shape index (κ2) is 7.88. The monoisotopic (exact) mass is 291 g/mol. The van der Waals surface area contributed by atoms with Crippen LogP contribution in [0, 0.1) is 6.92 Å². The van der Waals surface area contributed by atoms with Crippen molar-refractivity contribution in [2.24, 2.45) is 0 Å². The standard InChI is InChI=1S/C16H18ClNO2/c1-13-15(11-17)18-8-7-16(13)20-10-9-19-12-14-5-3-2-4-6-14/h2-8H,9-12H2,1H3. The van der Waals surface area contributed by atoms with Crippen LogP contribution in [0.3, 0.4) is 0 Å². The number of alkyl halides is 1. The maximum absolute atomic E-state index is 5.81. The number of hydrogen-bond acceptors (Lipinski definition) is 3. The molecule has 0 aliphatic carbocycles. The van der Waals surface area contributed by atoms with E-state index in [1.54, 1.807) is 6.20 Å². The Labute approximate surface area is 124 Å². The Morgan fingerprint density at radius 3 is 2.65 bits per heavy atom. The van der Waals surface area contributed by atoms with Crippen LogP contribution in [-0.2, 0) is 17.2 Å². The number of hydrogen-bond donors (Lipinski definition) is 0. The Kier molecular flexibility index (Phi) is 5.84. The predicted octanol–water partition coefficient (Wildman–Crippen LogP) is 3.72. The highest BCUT2D eigenvalue weighted by molar-refractivity contribution is 6.17. The van der Waals surface area contributed by atoms with E-state index in [0.29, 0.717) is 25.7 Å². The van der Waals surface area contributed by atoms with Gasteiger partial charge in [0.15, 0.2) is 0 Å². The summed E-state index contributed by atoms with van der Waals surface area (Å²) in [5.74, 6) is 1.21. The molecule has 0 fully saturated rings. The van der Waals surface area contributed by atoms with Crippen molar-refractivity contribution in [3.8, 4) is 5.75 Å². The van der Waals surface area contributed by atoms with Crippen molar-refractivity contribution in [2.75, 3.05) is 13.2 Å². The van der Waals surface area contributed by atoms with E-state index in [-0.39, 0.29) is 0 Å². The van der Waals surface area contributed by atoms with Gasteiger partial charge in [-0.15, -0.1) is 11.6 Å². The quantitative estimate of drug-likeness (QED) is 0.575. The SMILES string of the molecule is Cc1c(OCCOCc2ccccc2)ccnc1CCl. The number of halogens is 1. The second-order valence-electron chi connectivity index (χ2n) is 4.40. The molecule has 1 aromatic heterocycles. The maximum atomic E-state index is 5.81. The van der Waals surface area contributed by atoms with Crippen LogP contribution in [0.4, 0.5) is 0 Å². The van der Waals surface area contributed by atoms with Crippen LogP contribution in [0.5, 0.6) is 5.75 Å². The fourth-order valence-corrected chi connectivity index (χ4v) is 2.09. The highest BCUT2D eigenvalue weighted by Gasteiger charge is 2.05. The molecule has 0 amide bonds.